The van der Waals surface area contributed by atoms with Gasteiger partial charge in [-0.1, -0.05) is 33.8 Å². The maximum Gasteiger partial charge on any atom is 0.316 e. The van der Waals surface area contributed by atoms with Gasteiger partial charge in [0.15, 0.2) is 0 Å². The standard InChI is InChI=1S/C27H42N2O5S/c1-6-25(4)14-21(34-22(31)16-35-19-8-7-13-29(15-19)28-33)26(5)17(2)9-11-27(18(3)24(25)32)12-10-20(30)23(26)27/h6,17-19,21,23-24,32H,1,7-16H2,2-5H3/p+1/t17?,18-,19?,21+,23?,24?,25+,26-,27?/m0/s1. The topological polar surface area (TPSA) is 97.9 Å². The largest absolute Gasteiger partial charge is 0.461 e. The lowest BCUT2D eigenvalue weighted by Crippen LogP contribution is -2.79. The van der Waals surface area contributed by atoms with Gasteiger partial charge in [0, 0.05) is 33.3 Å². The normalized spacial score (nSPS) is 45.7. The minimum atomic E-state index is -0.658. The highest BCUT2D eigenvalue weighted by Crippen LogP contribution is 2.68. The van der Waals surface area contributed by atoms with Crippen molar-refractivity contribution >= 4 is 23.5 Å². The zero-order valence-electron chi connectivity index (χ0n) is 21.8. The summed E-state index contributed by atoms with van der Waals surface area (Å²) in [5, 5.41) is 15.4. The molecule has 0 spiro atoms. The van der Waals surface area contributed by atoms with E-state index in [0.717, 1.165) is 38.6 Å². The molecule has 5 unspecified atom stereocenters. The molecule has 4 fully saturated rings. The lowest BCUT2D eigenvalue weighted by atomic mass is 9.44. The molecule has 0 aromatic carbocycles. The fourth-order valence-electron chi connectivity index (χ4n) is 8.04. The third-order valence-corrected chi connectivity index (χ3v) is 11.8. The second-order valence-corrected chi connectivity index (χ2v) is 13.5. The van der Waals surface area contributed by atoms with Gasteiger partial charge in [-0.15, -0.1) is 23.3 Å². The molecule has 2 N–H and O–H groups in total. The van der Waals surface area contributed by atoms with Crippen LogP contribution in [-0.4, -0.2) is 58.2 Å². The first kappa shape index (κ1) is 26.6. The SMILES string of the molecule is C=C[C@]1(C)C[C@@H](OC(=O)CSC2CCCN([NH+]=O)C2)[C@]2(C)C(C)CCC3(CCC(=O)C32)[C@@H](C)C1O. The van der Waals surface area contributed by atoms with Crippen LogP contribution in [0.4, 0.5) is 0 Å². The molecule has 2 bridgehead atoms. The van der Waals surface area contributed by atoms with Crippen LogP contribution in [0.5, 0.6) is 0 Å². The summed E-state index contributed by atoms with van der Waals surface area (Å²) in [7, 11) is 0. The number of hydrogen-bond donors (Lipinski definition) is 2. The van der Waals surface area contributed by atoms with E-state index >= 15 is 0 Å². The highest BCUT2D eigenvalue weighted by molar-refractivity contribution is 8.00. The van der Waals surface area contributed by atoms with Crippen LogP contribution in [-0.2, 0) is 14.3 Å². The predicted molar refractivity (Wildman–Crippen MR) is 136 cm³/mol. The summed E-state index contributed by atoms with van der Waals surface area (Å²) in [6.07, 6.45) is 6.25. The molecule has 7 nitrogen and oxygen atoms in total. The molecule has 4 rings (SSSR count). The van der Waals surface area contributed by atoms with Crippen LogP contribution in [0.15, 0.2) is 12.7 Å². The smallest absolute Gasteiger partial charge is 0.316 e. The van der Waals surface area contributed by atoms with E-state index in [4.69, 9.17) is 4.74 Å². The lowest BCUT2D eigenvalue weighted by Gasteiger charge is -2.61. The molecule has 1 heterocycles. The molecule has 35 heavy (non-hydrogen) atoms. The van der Waals surface area contributed by atoms with Gasteiger partial charge in [-0.2, -0.15) is 0 Å². The molecular formula is C27H43N2O5S+. The van der Waals surface area contributed by atoms with Crippen LogP contribution in [0, 0.1) is 38.9 Å². The maximum absolute atomic E-state index is 13.5. The predicted octanol–water partition coefficient (Wildman–Crippen LogP) is 2.85. The van der Waals surface area contributed by atoms with Crippen molar-refractivity contribution in [3.63, 3.8) is 0 Å². The number of hydrogen-bond acceptors (Lipinski definition) is 6. The van der Waals surface area contributed by atoms with E-state index < -0.39 is 23.0 Å². The fourth-order valence-corrected chi connectivity index (χ4v) is 9.10. The molecular weight excluding hydrogens is 464 g/mol. The van der Waals surface area contributed by atoms with Crippen LogP contribution in [0.1, 0.15) is 72.6 Å². The van der Waals surface area contributed by atoms with Crippen molar-refractivity contribution in [2.45, 2.75) is 90.1 Å². The Balaban J connectivity index is 1.61. The number of nitroso groups, excluding NO2 is 1. The maximum atomic E-state index is 13.5. The highest BCUT2D eigenvalue weighted by Gasteiger charge is 2.68. The van der Waals surface area contributed by atoms with Crippen molar-refractivity contribution in [1.82, 2.24) is 5.01 Å². The van der Waals surface area contributed by atoms with Crippen LogP contribution in [0.3, 0.4) is 0 Å². The number of carbonyl (C=O) groups is 2. The Bertz CT molecular complexity index is 869. The number of ketones is 1. The van der Waals surface area contributed by atoms with Gasteiger partial charge < -0.3 is 9.84 Å². The minimum Gasteiger partial charge on any atom is -0.461 e. The van der Waals surface area contributed by atoms with Gasteiger partial charge in [0.2, 0.25) is 0 Å². The average molecular weight is 508 g/mol. The van der Waals surface area contributed by atoms with Crippen LogP contribution in [0.25, 0.3) is 0 Å². The fraction of sp³-hybridized carbons (Fsp3) is 0.852. The van der Waals surface area contributed by atoms with Gasteiger partial charge in [-0.25, -0.2) is 0 Å². The Morgan fingerprint density at radius 1 is 1.31 bits per heavy atom. The van der Waals surface area contributed by atoms with Crippen LogP contribution < -0.4 is 5.29 Å². The number of carbonyl (C=O) groups excluding carboxylic acids is 2. The molecule has 0 radical (unpaired) electrons. The zero-order valence-corrected chi connectivity index (χ0v) is 22.6. The minimum absolute atomic E-state index is 0.0372. The van der Waals surface area contributed by atoms with Gasteiger partial charge in [0.25, 0.3) is 0 Å². The number of rotatable bonds is 6. The van der Waals surface area contributed by atoms with Gasteiger partial charge >= 0.3 is 5.97 Å². The first-order chi connectivity index (χ1) is 16.5. The Hall–Kier alpha value is -1.41. The molecule has 4 aliphatic rings. The molecule has 1 aliphatic heterocycles. The van der Waals surface area contributed by atoms with Gasteiger partial charge in [-0.3, -0.25) is 9.59 Å². The lowest BCUT2D eigenvalue weighted by molar-refractivity contribution is -0.665. The van der Waals surface area contributed by atoms with Crippen LogP contribution in [0.2, 0.25) is 0 Å². The van der Waals surface area contributed by atoms with Crippen molar-refractivity contribution in [1.29, 1.82) is 0 Å². The molecule has 3 saturated carbocycles. The van der Waals surface area contributed by atoms with E-state index in [2.05, 4.69) is 27.4 Å². The van der Waals surface area contributed by atoms with E-state index in [9.17, 15) is 19.6 Å². The molecule has 196 valence electrons. The molecule has 3 aliphatic carbocycles. The number of aliphatic hydroxyl groups excluding tert-OH is 1. The van der Waals surface area contributed by atoms with E-state index in [1.807, 2.05) is 18.3 Å². The Labute approximate surface area is 213 Å². The number of Topliss-reactive ketones (excluding diaryl/α,β-unsaturated/α-hetero) is 1. The summed E-state index contributed by atoms with van der Waals surface area (Å²) in [6.45, 7) is 13.9. The van der Waals surface area contributed by atoms with E-state index in [0.29, 0.717) is 19.4 Å². The van der Waals surface area contributed by atoms with E-state index in [1.165, 1.54) is 11.8 Å². The summed E-state index contributed by atoms with van der Waals surface area (Å²) >= 11 is 1.54. The molecule has 8 heteroatoms. The second kappa shape index (κ2) is 9.81. The monoisotopic (exact) mass is 507 g/mol. The van der Waals surface area contributed by atoms with Crippen molar-refractivity contribution in [3.05, 3.63) is 17.6 Å². The summed E-state index contributed by atoms with van der Waals surface area (Å²) in [6, 6.07) is 0. The number of aliphatic hydroxyl groups is 1. The summed E-state index contributed by atoms with van der Waals surface area (Å²) in [5.41, 5.74) is -1.37. The first-order valence-electron chi connectivity index (χ1n) is 13.3. The quantitative estimate of drug-likeness (QED) is 0.421. The van der Waals surface area contributed by atoms with Crippen molar-refractivity contribution < 1.29 is 24.7 Å². The van der Waals surface area contributed by atoms with Crippen molar-refractivity contribution in [3.8, 4) is 0 Å². The van der Waals surface area contributed by atoms with Crippen LogP contribution >= 0.6 is 11.8 Å². The third-order valence-electron chi connectivity index (χ3n) is 10.5. The van der Waals surface area contributed by atoms with Gasteiger partial charge in [-0.05, 0) is 55.8 Å². The summed E-state index contributed by atoms with van der Waals surface area (Å²) in [5.74, 6) is 0.175. The van der Waals surface area contributed by atoms with Gasteiger partial charge in [0.05, 0.1) is 24.9 Å². The second-order valence-electron chi connectivity index (χ2n) is 12.2. The molecule has 0 amide bonds. The number of nitrogens with zero attached hydrogens (tertiary/aromatic N) is 1. The summed E-state index contributed by atoms with van der Waals surface area (Å²) < 4.78 is 6.30. The van der Waals surface area contributed by atoms with Gasteiger partial charge in [0.1, 0.15) is 17.2 Å². The highest BCUT2D eigenvalue weighted by atomic mass is 32.2. The number of hydrazine groups is 1. The zero-order chi connectivity index (χ0) is 25.6. The molecule has 0 aromatic heterocycles. The number of ether oxygens (including phenoxy) is 1. The number of piperidine rings is 1. The Morgan fingerprint density at radius 2 is 2.06 bits per heavy atom. The van der Waals surface area contributed by atoms with Crippen molar-refractivity contribution in [2.24, 2.45) is 34.0 Å². The first-order valence-corrected chi connectivity index (χ1v) is 14.3. The summed E-state index contributed by atoms with van der Waals surface area (Å²) in [4.78, 5) is 37.7. The molecule has 1 saturated heterocycles. The molecule has 0 aromatic rings. The third kappa shape index (κ3) is 4.36. The van der Waals surface area contributed by atoms with E-state index in [-0.39, 0.29) is 45.9 Å². The Morgan fingerprint density at radius 3 is 2.74 bits per heavy atom. The Kier molecular flexibility index (Phi) is 7.47. The number of thioether (sulfide) groups is 1. The molecule has 9 atom stereocenters. The average Bonchev–Trinajstić information content (AvgIpc) is 3.21. The van der Waals surface area contributed by atoms with E-state index in [1.54, 1.807) is 5.01 Å². The van der Waals surface area contributed by atoms with Crippen molar-refractivity contribution in [2.75, 3.05) is 18.8 Å². The number of esters is 1. The number of nitrogens with one attached hydrogen (secondary N) is 1.